The second-order valence-electron chi connectivity index (χ2n) is 1.08. The molecule has 0 atom stereocenters. The quantitative estimate of drug-likeness (QED) is 0.339. The Bertz CT molecular complexity index is 114. The van der Waals surface area contributed by atoms with E-state index in [9.17, 15) is 4.79 Å². The van der Waals surface area contributed by atoms with Crippen molar-refractivity contribution >= 4 is 17.5 Å². The van der Waals surface area contributed by atoms with E-state index in [2.05, 4.69) is 0 Å². The molecule has 0 bridgehead atoms. The number of Topliss-reactive ketones (excluding diaryl/α,β-unsaturated/α-hetero) is 1. The molecule has 0 unspecified atom stereocenters. The summed E-state index contributed by atoms with van der Waals surface area (Å²) in [7, 11) is 0. The molecule has 0 amide bonds. The largest absolute Gasteiger partial charge is 1.00 e. The van der Waals surface area contributed by atoms with E-state index in [1.807, 2.05) is 0 Å². The first kappa shape index (κ1) is 11.9. The molecule has 4 heteroatoms. The standard InChI is InChI=1S/C4H5NOS.K.H/c1-4(6)2-7-3-5;;/h2H2,1H3;;/q;+1;-1. The molecular weight excluding hydrogens is 149 g/mol. The fraction of sp³-hybridized carbons (Fsp3) is 0.500. The number of ketones is 1. The van der Waals surface area contributed by atoms with Gasteiger partial charge in [0.2, 0.25) is 0 Å². The van der Waals surface area contributed by atoms with Crippen molar-refractivity contribution in [1.29, 1.82) is 5.26 Å². The molecule has 2 nitrogen and oxygen atoms in total. The molecule has 0 spiro atoms. The number of thioether (sulfide) groups is 1. The average molecular weight is 155 g/mol. The number of nitrogens with zero attached hydrogens (tertiary/aromatic N) is 1. The second kappa shape index (κ2) is 8.15. The van der Waals surface area contributed by atoms with E-state index >= 15 is 0 Å². The summed E-state index contributed by atoms with van der Waals surface area (Å²) in [5, 5.41) is 9.67. The number of carbonyl (C=O) groups is 1. The molecule has 0 aromatic rings. The van der Waals surface area contributed by atoms with Crippen LogP contribution in [0, 0.1) is 10.7 Å². The minimum Gasteiger partial charge on any atom is -1.00 e. The zero-order valence-corrected chi connectivity index (χ0v) is 8.91. The van der Waals surface area contributed by atoms with Crippen LogP contribution < -0.4 is 51.4 Å². The minimum atomic E-state index is 0. The third kappa shape index (κ3) is 10.2. The van der Waals surface area contributed by atoms with E-state index < -0.39 is 0 Å². The normalized spacial score (nSPS) is 6.50. The minimum absolute atomic E-state index is 0. The van der Waals surface area contributed by atoms with Crippen molar-refractivity contribution < 1.29 is 57.6 Å². The van der Waals surface area contributed by atoms with Gasteiger partial charge in [0, 0.05) is 0 Å². The van der Waals surface area contributed by atoms with Crippen molar-refractivity contribution in [3.8, 4) is 5.40 Å². The number of rotatable bonds is 2. The molecule has 8 heavy (non-hydrogen) atoms. The molecule has 40 valence electrons. The smallest absolute Gasteiger partial charge is 1.00 e. The van der Waals surface area contributed by atoms with Gasteiger partial charge in [-0.15, -0.1) is 0 Å². The van der Waals surface area contributed by atoms with Crippen LogP contribution in [0.4, 0.5) is 0 Å². The first-order valence-electron chi connectivity index (χ1n) is 1.77. The zero-order chi connectivity index (χ0) is 5.70. The fourth-order valence-corrected chi connectivity index (χ4v) is 0.402. The summed E-state index contributed by atoms with van der Waals surface area (Å²) in [6.45, 7) is 1.46. The summed E-state index contributed by atoms with van der Waals surface area (Å²) >= 11 is 0.972. The summed E-state index contributed by atoms with van der Waals surface area (Å²) in [4.78, 5) is 10.0. The van der Waals surface area contributed by atoms with Gasteiger partial charge in [0.05, 0.1) is 5.75 Å². The van der Waals surface area contributed by atoms with E-state index in [-0.39, 0.29) is 58.6 Å². The first-order chi connectivity index (χ1) is 3.27. The van der Waals surface area contributed by atoms with Crippen molar-refractivity contribution in [2.45, 2.75) is 6.92 Å². The van der Waals surface area contributed by atoms with Gasteiger partial charge in [-0.3, -0.25) is 4.79 Å². The fourth-order valence-electron chi connectivity index (χ4n) is 0.134. The van der Waals surface area contributed by atoms with Crippen molar-refractivity contribution in [2.75, 3.05) is 5.75 Å². The maximum Gasteiger partial charge on any atom is 1.00 e. The number of hydrogen-bond donors (Lipinski definition) is 0. The van der Waals surface area contributed by atoms with Crippen LogP contribution in [0.3, 0.4) is 0 Å². The maximum atomic E-state index is 10.0. The van der Waals surface area contributed by atoms with E-state index in [0.717, 1.165) is 11.8 Å². The van der Waals surface area contributed by atoms with Crippen LogP contribution in [-0.2, 0) is 4.79 Å². The van der Waals surface area contributed by atoms with Crippen LogP contribution in [-0.4, -0.2) is 11.5 Å². The number of carbonyl (C=O) groups excluding carboxylic acids is 1. The number of thiocyanates is 1. The molecule has 0 aliphatic carbocycles. The van der Waals surface area contributed by atoms with Crippen LogP contribution in [0.2, 0.25) is 0 Å². The monoisotopic (exact) mass is 155 g/mol. The molecular formula is C4H6KNOS. The van der Waals surface area contributed by atoms with Gasteiger partial charge in [-0.05, 0) is 18.7 Å². The van der Waals surface area contributed by atoms with Gasteiger partial charge in [0.25, 0.3) is 0 Å². The van der Waals surface area contributed by atoms with Gasteiger partial charge in [0.1, 0.15) is 11.2 Å². The molecule has 0 N–H and O–H groups in total. The van der Waals surface area contributed by atoms with Crippen molar-refractivity contribution in [3.05, 3.63) is 0 Å². The first-order valence-corrected chi connectivity index (χ1v) is 2.76. The predicted octanol–water partition coefficient (Wildman–Crippen LogP) is -2.09. The van der Waals surface area contributed by atoms with Crippen LogP contribution in [0.5, 0.6) is 0 Å². The summed E-state index contributed by atoms with van der Waals surface area (Å²) in [6.07, 6.45) is 0. The molecule has 0 aliphatic heterocycles. The molecule has 0 saturated carbocycles. The van der Waals surface area contributed by atoms with Crippen LogP contribution in [0.25, 0.3) is 0 Å². The van der Waals surface area contributed by atoms with Gasteiger partial charge in [-0.1, -0.05) is 0 Å². The van der Waals surface area contributed by atoms with E-state index in [1.165, 1.54) is 6.92 Å². The van der Waals surface area contributed by atoms with E-state index in [1.54, 1.807) is 5.40 Å². The number of nitriles is 1. The molecule has 0 aromatic heterocycles. The molecule has 0 aromatic carbocycles. The summed E-state index contributed by atoms with van der Waals surface area (Å²) < 4.78 is 0. The third-order valence-corrected chi connectivity index (χ3v) is 1.02. The zero-order valence-electron chi connectivity index (χ0n) is 5.97. The number of hydrogen-bond acceptors (Lipinski definition) is 3. The Morgan fingerprint density at radius 3 is 2.62 bits per heavy atom. The third-order valence-electron chi connectivity index (χ3n) is 0.340. The van der Waals surface area contributed by atoms with Gasteiger partial charge in [0.15, 0.2) is 0 Å². The van der Waals surface area contributed by atoms with Crippen molar-refractivity contribution in [3.63, 3.8) is 0 Å². The van der Waals surface area contributed by atoms with Gasteiger partial charge in [-0.25, -0.2) is 0 Å². The molecule has 0 saturated heterocycles. The Balaban J connectivity index is -0.000000180. The second-order valence-corrected chi connectivity index (χ2v) is 1.84. The van der Waals surface area contributed by atoms with E-state index in [0.29, 0.717) is 5.75 Å². The molecule has 0 radical (unpaired) electrons. The van der Waals surface area contributed by atoms with Crippen molar-refractivity contribution in [1.82, 2.24) is 0 Å². The maximum absolute atomic E-state index is 10.0. The summed E-state index contributed by atoms with van der Waals surface area (Å²) in [6, 6.07) is 0. The summed E-state index contributed by atoms with van der Waals surface area (Å²) in [5.74, 6) is 0.364. The topological polar surface area (TPSA) is 40.9 Å². The van der Waals surface area contributed by atoms with Crippen molar-refractivity contribution in [2.24, 2.45) is 0 Å². The molecule has 0 heterocycles. The molecule has 0 rings (SSSR count). The van der Waals surface area contributed by atoms with Crippen LogP contribution in [0.1, 0.15) is 8.35 Å². The molecule has 0 aliphatic rings. The summed E-state index contributed by atoms with van der Waals surface area (Å²) in [5.41, 5.74) is 0. The Morgan fingerprint density at radius 1 is 2.00 bits per heavy atom. The molecule has 0 fully saturated rings. The SMILES string of the molecule is CC(=O)CSC#N.[H-].[K+]. The Labute approximate surface area is 96.9 Å². The average Bonchev–Trinajstić information content (AvgIpc) is 1.61. The Morgan fingerprint density at radius 2 is 2.50 bits per heavy atom. The Hall–Kier alpha value is 1.15. The van der Waals surface area contributed by atoms with Gasteiger partial charge < -0.3 is 1.43 Å². The predicted molar refractivity (Wildman–Crippen MR) is 29.9 cm³/mol. The Kier molecular flexibility index (Phi) is 12.1. The van der Waals surface area contributed by atoms with Crippen LogP contribution >= 0.6 is 11.8 Å². The van der Waals surface area contributed by atoms with Gasteiger partial charge in [-0.2, -0.15) is 5.26 Å². The van der Waals surface area contributed by atoms with E-state index in [4.69, 9.17) is 5.26 Å². The van der Waals surface area contributed by atoms with Gasteiger partial charge >= 0.3 is 51.4 Å². The van der Waals surface area contributed by atoms with Crippen LogP contribution in [0.15, 0.2) is 0 Å².